The molecule has 2 N–H and O–H groups in total. The lowest BCUT2D eigenvalue weighted by Gasteiger charge is -2.14. The van der Waals surface area contributed by atoms with Crippen LogP contribution in [0.1, 0.15) is 56.3 Å². The lowest BCUT2D eigenvalue weighted by atomic mass is 10.0. The van der Waals surface area contributed by atoms with Gasteiger partial charge in [0.05, 0.1) is 11.7 Å². The number of hydrogen-bond acceptors (Lipinski definition) is 5. The molecular formula is C25H29N3O3S. The van der Waals surface area contributed by atoms with E-state index in [2.05, 4.69) is 29.5 Å². The minimum Gasteiger partial charge on any atom is -0.483 e. The quantitative estimate of drug-likeness (QED) is 0.477. The van der Waals surface area contributed by atoms with Crippen molar-refractivity contribution in [2.45, 2.75) is 46.6 Å². The molecule has 0 bridgehead atoms. The van der Waals surface area contributed by atoms with Gasteiger partial charge in [0, 0.05) is 17.9 Å². The van der Waals surface area contributed by atoms with Crippen LogP contribution in [0.5, 0.6) is 5.75 Å². The molecule has 1 aromatic heterocycles. The first kappa shape index (κ1) is 23.5. The summed E-state index contributed by atoms with van der Waals surface area (Å²) in [5, 5.41) is 8.11. The zero-order valence-corrected chi connectivity index (χ0v) is 19.9. The molecule has 1 atom stereocenters. The molecule has 0 saturated carbocycles. The number of carbonyl (C=O) groups is 2. The van der Waals surface area contributed by atoms with E-state index >= 15 is 0 Å². The first-order valence-corrected chi connectivity index (χ1v) is 11.5. The number of rotatable bonds is 8. The minimum absolute atomic E-state index is 0.0588. The van der Waals surface area contributed by atoms with E-state index in [0.717, 1.165) is 33.7 Å². The minimum atomic E-state index is -0.249. The average Bonchev–Trinajstić information content (AvgIpc) is 3.20. The van der Waals surface area contributed by atoms with Crippen molar-refractivity contribution in [1.29, 1.82) is 0 Å². The van der Waals surface area contributed by atoms with E-state index in [0.29, 0.717) is 11.0 Å². The number of carbonyl (C=O) groups excluding carboxylic acids is 2. The van der Waals surface area contributed by atoms with Gasteiger partial charge in [-0.05, 0) is 42.5 Å². The Kier molecular flexibility index (Phi) is 7.64. The SMILES string of the molecule is CC(=O)NC(C)c1ccc(-c2csc(NC(=O)COc3cc(C)ccc3C(C)C)n2)cc1. The third-order valence-corrected chi connectivity index (χ3v) is 5.78. The molecule has 0 spiro atoms. The molecule has 0 fully saturated rings. The largest absolute Gasteiger partial charge is 0.483 e. The van der Waals surface area contributed by atoms with Crippen LogP contribution in [0, 0.1) is 6.92 Å². The second-order valence-electron chi connectivity index (χ2n) is 8.11. The highest BCUT2D eigenvalue weighted by Crippen LogP contribution is 2.28. The molecule has 3 aromatic rings. The third-order valence-electron chi connectivity index (χ3n) is 5.03. The van der Waals surface area contributed by atoms with E-state index in [-0.39, 0.29) is 24.5 Å². The highest BCUT2D eigenvalue weighted by molar-refractivity contribution is 7.14. The van der Waals surface area contributed by atoms with Crippen molar-refractivity contribution in [3.63, 3.8) is 0 Å². The Labute approximate surface area is 193 Å². The Morgan fingerprint density at radius 1 is 1.09 bits per heavy atom. The monoisotopic (exact) mass is 451 g/mol. The standard InChI is InChI=1S/C25H29N3O3S/c1-15(2)21-11-6-16(3)12-23(21)31-13-24(30)28-25-27-22(14-32-25)20-9-7-19(8-10-20)17(4)26-18(5)29/h6-12,14-15,17H,13H2,1-5H3,(H,26,29)(H,27,28,30). The smallest absolute Gasteiger partial charge is 0.264 e. The summed E-state index contributed by atoms with van der Waals surface area (Å²) in [5.41, 5.74) is 4.91. The maximum absolute atomic E-state index is 12.4. The van der Waals surface area contributed by atoms with Crippen LogP contribution in [-0.2, 0) is 9.59 Å². The first-order valence-electron chi connectivity index (χ1n) is 10.6. The summed E-state index contributed by atoms with van der Waals surface area (Å²) < 4.78 is 5.80. The number of nitrogens with zero attached hydrogens (tertiary/aromatic N) is 1. The highest BCUT2D eigenvalue weighted by Gasteiger charge is 2.13. The lowest BCUT2D eigenvalue weighted by molar-refractivity contribution is -0.119. The molecule has 2 aromatic carbocycles. The van der Waals surface area contributed by atoms with Gasteiger partial charge in [0.2, 0.25) is 5.91 Å². The lowest BCUT2D eigenvalue weighted by Crippen LogP contribution is -2.23. The topological polar surface area (TPSA) is 80.3 Å². The molecule has 0 aliphatic carbocycles. The van der Waals surface area contributed by atoms with E-state index in [1.807, 2.05) is 61.7 Å². The molecule has 0 aliphatic heterocycles. The van der Waals surface area contributed by atoms with Crippen LogP contribution in [0.25, 0.3) is 11.3 Å². The molecule has 0 aliphatic rings. The summed E-state index contributed by atoms with van der Waals surface area (Å²) in [6, 6.07) is 13.8. The van der Waals surface area contributed by atoms with Gasteiger partial charge in [0.25, 0.3) is 5.91 Å². The highest BCUT2D eigenvalue weighted by atomic mass is 32.1. The molecule has 0 radical (unpaired) electrons. The molecule has 0 saturated heterocycles. The summed E-state index contributed by atoms with van der Waals surface area (Å²) in [7, 11) is 0. The number of nitrogens with one attached hydrogen (secondary N) is 2. The van der Waals surface area contributed by atoms with Crippen molar-refractivity contribution >= 4 is 28.3 Å². The number of amides is 2. The number of ether oxygens (including phenoxy) is 1. The van der Waals surface area contributed by atoms with Crippen LogP contribution in [0.2, 0.25) is 0 Å². The number of benzene rings is 2. The Morgan fingerprint density at radius 3 is 2.47 bits per heavy atom. The third kappa shape index (κ3) is 6.17. The second-order valence-corrected chi connectivity index (χ2v) is 8.97. The molecule has 6 nitrogen and oxygen atoms in total. The van der Waals surface area contributed by atoms with E-state index in [4.69, 9.17) is 4.74 Å². The number of anilines is 1. The van der Waals surface area contributed by atoms with Gasteiger partial charge in [-0.3, -0.25) is 14.9 Å². The number of aromatic nitrogens is 1. The molecule has 32 heavy (non-hydrogen) atoms. The van der Waals surface area contributed by atoms with Crippen molar-refractivity contribution in [3.05, 3.63) is 64.5 Å². The van der Waals surface area contributed by atoms with E-state index in [1.165, 1.54) is 18.3 Å². The van der Waals surface area contributed by atoms with Crippen LogP contribution in [-0.4, -0.2) is 23.4 Å². The zero-order valence-electron chi connectivity index (χ0n) is 19.1. The molecule has 7 heteroatoms. The summed E-state index contributed by atoms with van der Waals surface area (Å²) in [4.78, 5) is 28.2. The van der Waals surface area contributed by atoms with Gasteiger partial charge in [-0.2, -0.15) is 0 Å². The summed E-state index contributed by atoms with van der Waals surface area (Å²) in [6.45, 7) is 9.57. The Bertz CT molecular complexity index is 1090. The molecule has 1 unspecified atom stereocenters. The van der Waals surface area contributed by atoms with Crippen LogP contribution >= 0.6 is 11.3 Å². The molecule has 168 valence electrons. The van der Waals surface area contributed by atoms with Crippen molar-refractivity contribution < 1.29 is 14.3 Å². The van der Waals surface area contributed by atoms with Crippen LogP contribution in [0.4, 0.5) is 5.13 Å². The fourth-order valence-corrected chi connectivity index (χ4v) is 4.07. The van der Waals surface area contributed by atoms with Crippen molar-refractivity contribution in [3.8, 4) is 17.0 Å². The maximum Gasteiger partial charge on any atom is 0.264 e. The van der Waals surface area contributed by atoms with Crippen LogP contribution < -0.4 is 15.4 Å². The van der Waals surface area contributed by atoms with Gasteiger partial charge >= 0.3 is 0 Å². The van der Waals surface area contributed by atoms with Gasteiger partial charge in [0.1, 0.15) is 5.75 Å². The van der Waals surface area contributed by atoms with Gasteiger partial charge in [-0.15, -0.1) is 11.3 Å². The predicted molar refractivity (Wildman–Crippen MR) is 129 cm³/mol. The second kappa shape index (κ2) is 10.4. The van der Waals surface area contributed by atoms with Gasteiger partial charge < -0.3 is 10.1 Å². The normalized spacial score (nSPS) is 11.8. The summed E-state index contributed by atoms with van der Waals surface area (Å²) >= 11 is 1.37. The zero-order chi connectivity index (χ0) is 23.3. The maximum atomic E-state index is 12.4. The molecular weight excluding hydrogens is 422 g/mol. The van der Waals surface area contributed by atoms with Crippen molar-refractivity contribution in [1.82, 2.24) is 10.3 Å². The van der Waals surface area contributed by atoms with Crippen molar-refractivity contribution in [2.75, 3.05) is 11.9 Å². The van der Waals surface area contributed by atoms with Crippen molar-refractivity contribution in [2.24, 2.45) is 0 Å². The number of thiazole rings is 1. The van der Waals surface area contributed by atoms with Crippen LogP contribution in [0.3, 0.4) is 0 Å². The summed E-state index contributed by atoms with van der Waals surface area (Å²) in [6.07, 6.45) is 0. The van der Waals surface area contributed by atoms with Gasteiger partial charge in [-0.1, -0.05) is 50.2 Å². The Hall–Kier alpha value is -3.19. The first-order chi connectivity index (χ1) is 15.2. The van der Waals surface area contributed by atoms with E-state index in [1.54, 1.807) is 0 Å². The predicted octanol–water partition coefficient (Wildman–Crippen LogP) is 5.46. The number of hydrogen-bond donors (Lipinski definition) is 2. The molecule has 2 amide bonds. The Morgan fingerprint density at radius 2 is 1.81 bits per heavy atom. The molecule has 1 heterocycles. The van der Waals surface area contributed by atoms with Gasteiger partial charge in [-0.25, -0.2) is 4.98 Å². The molecule has 3 rings (SSSR count). The fraction of sp³-hybridized carbons (Fsp3) is 0.320. The summed E-state index contributed by atoms with van der Waals surface area (Å²) in [5.74, 6) is 0.737. The Balaban J connectivity index is 1.60. The van der Waals surface area contributed by atoms with Gasteiger partial charge in [0.15, 0.2) is 11.7 Å². The average molecular weight is 452 g/mol. The fourth-order valence-electron chi connectivity index (χ4n) is 3.34. The van der Waals surface area contributed by atoms with Crippen LogP contribution in [0.15, 0.2) is 47.8 Å². The van der Waals surface area contributed by atoms with E-state index < -0.39 is 0 Å². The van der Waals surface area contributed by atoms with E-state index in [9.17, 15) is 9.59 Å². The number of aryl methyl sites for hydroxylation is 1.